The predicted octanol–water partition coefficient (Wildman–Crippen LogP) is 0.540. The number of nitrogens with one attached hydrogen (secondary N) is 2. The molecule has 0 aliphatic rings. The Morgan fingerprint density at radius 1 is 1.32 bits per heavy atom. The minimum absolute atomic E-state index is 0.119. The first-order valence-electron chi connectivity index (χ1n) is 7.56. The van der Waals surface area contributed by atoms with Gasteiger partial charge < -0.3 is 10.1 Å². The van der Waals surface area contributed by atoms with Crippen LogP contribution in [0.2, 0.25) is 0 Å². The maximum Gasteiger partial charge on any atom is 0.328 e. The Morgan fingerprint density at radius 2 is 2.00 bits per heavy atom. The molecule has 0 heterocycles. The topological polar surface area (TPSA) is 125 Å². The highest BCUT2D eigenvalue weighted by Crippen LogP contribution is 2.10. The zero-order chi connectivity index (χ0) is 19.0. The summed E-state index contributed by atoms with van der Waals surface area (Å²) in [6, 6.07) is 6.43. The predicted molar refractivity (Wildman–Crippen MR) is 89.7 cm³/mol. The summed E-state index contributed by atoms with van der Waals surface area (Å²) < 4.78 is 31.1. The number of hydrogen-bond donors (Lipinski definition) is 2. The molecule has 0 radical (unpaired) electrons. The van der Waals surface area contributed by atoms with Gasteiger partial charge in [0.1, 0.15) is 6.04 Å². The fourth-order valence-corrected chi connectivity index (χ4v) is 3.08. The van der Waals surface area contributed by atoms with Crippen LogP contribution in [0.3, 0.4) is 0 Å². The second-order valence-electron chi connectivity index (χ2n) is 5.74. The lowest BCUT2D eigenvalue weighted by Gasteiger charge is -2.18. The number of amides is 1. The number of rotatable bonds is 8. The van der Waals surface area contributed by atoms with E-state index in [4.69, 9.17) is 5.26 Å². The summed E-state index contributed by atoms with van der Waals surface area (Å²) in [7, 11) is -2.74. The van der Waals surface area contributed by atoms with Gasteiger partial charge in [-0.05, 0) is 30.5 Å². The molecule has 25 heavy (non-hydrogen) atoms. The lowest BCUT2D eigenvalue weighted by Crippen LogP contribution is -2.46. The van der Waals surface area contributed by atoms with Crippen LogP contribution < -0.4 is 10.0 Å². The SMILES string of the molecule is COC(=O)C(CC(C)C)NC(=O)CNS(=O)(=O)c1cccc(C#N)c1. The molecule has 136 valence electrons. The largest absolute Gasteiger partial charge is 0.467 e. The molecule has 1 aromatic carbocycles. The van der Waals surface area contributed by atoms with Gasteiger partial charge in [-0.25, -0.2) is 17.9 Å². The molecule has 1 amide bonds. The number of esters is 1. The molecule has 0 spiro atoms. The van der Waals surface area contributed by atoms with E-state index in [2.05, 4.69) is 14.8 Å². The second-order valence-corrected chi connectivity index (χ2v) is 7.50. The number of carbonyl (C=O) groups excluding carboxylic acids is 2. The van der Waals surface area contributed by atoms with Gasteiger partial charge in [0, 0.05) is 0 Å². The van der Waals surface area contributed by atoms with E-state index in [-0.39, 0.29) is 16.4 Å². The van der Waals surface area contributed by atoms with Gasteiger partial charge in [-0.15, -0.1) is 0 Å². The van der Waals surface area contributed by atoms with Crippen molar-refractivity contribution in [2.75, 3.05) is 13.7 Å². The van der Waals surface area contributed by atoms with Crippen LogP contribution in [-0.4, -0.2) is 40.0 Å². The Balaban J connectivity index is 2.73. The molecule has 1 unspecified atom stereocenters. The van der Waals surface area contributed by atoms with Crippen LogP contribution in [0.4, 0.5) is 0 Å². The maximum atomic E-state index is 12.2. The van der Waals surface area contributed by atoms with Crippen molar-refractivity contribution in [3.8, 4) is 6.07 Å². The fourth-order valence-electron chi connectivity index (χ4n) is 2.05. The first-order chi connectivity index (χ1) is 11.7. The monoisotopic (exact) mass is 367 g/mol. The molecule has 0 bridgehead atoms. The van der Waals surface area contributed by atoms with E-state index in [1.165, 1.54) is 31.4 Å². The third-order valence-electron chi connectivity index (χ3n) is 3.22. The van der Waals surface area contributed by atoms with Crippen molar-refractivity contribution in [2.24, 2.45) is 5.92 Å². The highest BCUT2D eigenvalue weighted by molar-refractivity contribution is 7.89. The number of nitrogens with zero attached hydrogens (tertiary/aromatic N) is 1. The number of benzene rings is 1. The van der Waals surface area contributed by atoms with Crippen molar-refractivity contribution < 1.29 is 22.7 Å². The zero-order valence-electron chi connectivity index (χ0n) is 14.3. The summed E-state index contributed by atoms with van der Waals surface area (Å²) in [5.74, 6) is -1.11. The van der Waals surface area contributed by atoms with Crippen molar-refractivity contribution in [3.05, 3.63) is 29.8 Å². The van der Waals surface area contributed by atoms with Crippen LogP contribution in [0.15, 0.2) is 29.2 Å². The minimum Gasteiger partial charge on any atom is -0.467 e. The van der Waals surface area contributed by atoms with E-state index < -0.39 is 34.5 Å². The highest BCUT2D eigenvalue weighted by Gasteiger charge is 2.23. The minimum atomic E-state index is -3.95. The van der Waals surface area contributed by atoms with Gasteiger partial charge in [-0.2, -0.15) is 5.26 Å². The third kappa shape index (κ3) is 6.52. The van der Waals surface area contributed by atoms with E-state index in [9.17, 15) is 18.0 Å². The van der Waals surface area contributed by atoms with Crippen molar-refractivity contribution in [1.82, 2.24) is 10.0 Å². The second kappa shape index (κ2) is 9.15. The Labute approximate surface area is 147 Å². The quantitative estimate of drug-likeness (QED) is 0.646. The molecule has 1 aromatic rings. The zero-order valence-corrected chi connectivity index (χ0v) is 15.1. The van der Waals surface area contributed by atoms with Crippen molar-refractivity contribution in [1.29, 1.82) is 5.26 Å². The van der Waals surface area contributed by atoms with Crippen molar-refractivity contribution in [3.63, 3.8) is 0 Å². The van der Waals surface area contributed by atoms with E-state index in [0.29, 0.717) is 6.42 Å². The molecule has 1 rings (SSSR count). The van der Waals surface area contributed by atoms with Crippen LogP contribution in [0, 0.1) is 17.2 Å². The first-order valence-corrected chi connectivity index (χ1v) is 9.05. The number of hydrogen-bond acceptors (Lipinski definition) is 6. The number of ether oxygens (including phenoxy) is 1. The van der Waals surface area contributed by atoms with Crippen molar-refractivity contribution >= 4 is 21.9 Å². The fraction of sp³-hybridized carbons (Fsp3) is 0.438. The molecule has 0 aromatic heterocycles. The molecule has 1 atom stereocenters. The number of nitriles is 1. The maximum absolute atomic E-state index is 12.2. The van der Waals surface area contributed by atoms with Gasteiger partial charge in [0.2, 0.25) is 15.9 Å². The molecule has 0 aliphatic carbocycles. The number of carbonyl (C=O) groups is 2. The van der Waals surface area contributed by atoms with Crippen LogP contribution in [0.25, 0.3) is 0 Å². The molecule has 0 saturated carbocycles. The van der Waals surface area contributed by atoms with Crippen molar-refractivity contribution in [2.45, 2.75) is 31.2 Å². The van der Waals surface area contributed by atoms with Gasteiger partial charge in [0.05, 0.1) is 30.2 Å². The Hall–Kier alpha value is -2.44. The Morgan fingerprint density at radius 3 is 2.56 bits per heavy atom. The average molecular weight is 367 g/mol. The molecule has 9 heteroatoms. The Kier molecular flexibility index (Phi) is 7.54. The van der Waals surface area contributed by atoms with E-state index in [1.807, 2.05) is 19.9 Å². The van der Waals surface area contributed by atoms with E-state index >= 15 is 0 Å². The van der Waals surface area contributed by atoms with Gasteiger partial charge in [-0.3, -0.25) is 4.79 Å². The molecule has 0 aliphatic heterocycles. The van der Waals surface area contributed by atoms with Gasteiger partial charge in [0.25, 0.3) is 0 Å². The van der Waals surface area contributed by atoms with Crippen LogP contribution in [0.5, 0.6) is 0 Å². The molecular weight excluding hydrogens is 346 g/mol. The lowest BCUT2D eigenvalue weighted by atomic mass is 10.0. The summed E-state index contributed by atoms with van der Waals surface area (Å²) in [6.07, 6.45) is 0.370. The third-order valence-corrected chi connectivity index (χ3v) is 4.62. The van der Waals surface area contributed by atoms with E-state index in [0.717, 1.165) is 0 Å². The molecule has 2 N–H and O–H groups in total. The first kappa shape index (κ1) is 20.6. The van der Waals surface area contributed by atoms with Gasteiger partial charge in [0.15, 0.2) is 0 Å². The van der Waals surface area contributed by atoms with Crippen LogP contribution in [0.1, 0.15) is 25.8 Å². The Bertz CT molecular complexity index is 768. The van der Waals surface area contributed by atoms with Crippen LogP contribution >= 0.6 is 0 Å². The summed E-state index contributed by atoms with van der Waals surface area (Å²) >= 11 is 0. The molecule has 8 nitrogen and oxygen atoms in total. The number of sulfonamides is 1. The van der Waals surface area contributed by atoms with E-state index in [1.54, 1.807) is 0 Å². The standard InChI is InChI=1S/C16H21N3O5S/c1-11(2)7-14(16(21)24-3)19-15(20)10-18-25(22,23)13-6-4-5-12(8-13)9-17/h4-6,8,11,14,18H,7,10H2,1-3H3,(H,19,20). The number of methoxy groups -OCH3 is 1. The molecular formula is C16H21N3O5S. The summed E-state index contributed by atoms with van der Waals surface area (Å²) in [5.41, 5.74) is 0.190. The van der Waals surface area contributed by atoms with Gasteiger partial charge >= 0.3 is 5.97 Å². The normalized spacial score (nSPS) is 12.3. The highest BCUT2D eigenvalue weighted by atomic mass is 32.2. The smallest absolute Gasteiger partial charge is 0.328 e. The average Bonchev–Trinajstić information content (AvgIpc) is 2.58. The summed E-state index contributed by atoms with van der Waals surface area (Å²) in [6.45, 7) is 3.23. The summed E-state index contributed by atoms with van der Waals surface area (Å²) in [5, 5.41) is 11.3. The molecule has 0 saturated heterocycles. The molecule has 0 fully saturated rings. The summed E-state index contributed by atoms with van der Waals surface area (Å²) in [4.78, 5) is 23.5. The van der Waals surface area contributed by atoms with Gasteiger partial charge in [-0.1, -0.05) is 19.9 Å². The van der Waals surface area contributed by atoms with Crippen LogP contribution in [-0.2, 0) is 24.3 Å². The lowest BCUT2D eigenvalue weighted by molar-refractivity contribution is -0.145.